The Morgan fingerprint density at radius 3 is 2.53 bits per heavy atom. The number of rotatable bonds is 2. The molecule has 0 heterocycles. The van der Waals surface area contributed by atoms with E-state index in [0.29, 0.717) is 0 Å². The number of anilines is 1. The van der Waals surface area contributed by atoms with E-state index in [9.17, 15) is 4.79 Å². The van der Waals surface area contributed by atoms with Gasteiger partial charge in [-0.3, -0.25) is 4.79 Å². The van der Waals surface area contributed by atoms with E-state index < -0.39 is 0 Å². The van der Waals surface area contributed by atoms with Crippen LogP contribution in [0.25, 0.3) is 0 Å². The molecule has 1 aliphatic rings. The van der Waals surface area contributed by atoms with Crippen LogP contribution in [0.5, 0.6) is 0 Å². The van der Waals surface area contributed by atoms with E-state index in [0.717, 1.165) is 31.4 Å². The Hall–Kier alpha value is -1.35. The lowest BCUT2D eigenvalue weighted by Gasteiger charge is -2.27. The largest absolute Gasteiger partial charge is 0.327 e. The smallest absolute Gasteiger partial charge is 0.229 e. The second-order valence-electron chi connectivity index (χ2n) is 4.91. The second kappa shape index (κ2) is 5.32. The van der Waals surface area contributed by atoms with Crippen molar-refractivity contribution in [1.29, 1.82) is 0 Å². The zero-order chi connectivity index (χ0) is 12.3. The molecule has 0 saturated heterocycles. The third-order valence-electron chi connectivity index (χ3n) is 3.48. The molecule has 0 aromatic heterocycles. The molecule has 1 saturated carbocycles. The van der Waals surface area contributed by atoms with Crippen LogP contribution in [0.2, 0.25) is 0 Å². The summed E-state index contributed by atoms with van der Waals surface area (Å²) in [4.78, 5) is 12.1. The number of nitrogens with one attached hydrogen (secondary N) is 1. The SMILES string of the molecule is Cc1ccc(NC(=O)[C@@H]2CCCC[C@@H]2N)cc1. The molecule has 3 N–H and O–H groups in total. The molecule has 1 aromatic carbocycles. The highest BCUT2D eigenvalue weighted by molar-refractivity contribution is 5.93. The lowest BCUT2D eigenvalue weighted by molar-refractivity contribution is -0.121. The molecular weight excluding hydrogens is 212 g/mol. The van der Waals surface area contributed by atoms with Crippen molar-refractivity contribution >= 4 is 11.6 Å². The van der Waals surface area contributed by atoms with Crippen molar-refractivity contribution < 1.29 is 4.79 Å². The fraction of sp³-hybridized carbons (Fsp3) is 0.500. The Kier molecular flexibility index (Phi) is 3.79. The fourth-order valence-corrected chi connectivity index (χ4v) is 2.36. The van der Waals surface area contributed by atoms with Crippen LogP contribution in [0, 0.1) is 12.8 Å². The van der Waals surface area contributed by atoms with Crippen molar-refractivity contribution in [3.8, 4) is 0 Å². The van der Waals surface area contributed by atoms with Crippen molar-refractivity contribution in [3.05, 3.63) is 29.8 Å². The van der Waals surface area contributed by atoms with Crippen molar-refractivity contribution in [2.75, 3.05) is 5.32 Å². The molecule has 2 rings (SSSR count). The first-order valence-corrected chi connectivity index (χ1v) is 6.30. The highest BCUT2D eigenvalue weighted by Gasteiger charge is 2.28. The van der Waals surface area contributed by atoms with Crippen molar-refractivity contribution in [2.24, 2.45) is 11.7 Å². The average molecular weight is 232 g/mol. The maximum Gasteiger partial charge on any atom is 0.229 e. The highest BCUT2D eigenvalue weighted by atomic mass is 16.1. The third-order valence-corrected chi connectivity index (χ3v) is 3.48. The minimum absolute atomic E-state index is 0.0224. The van der Waals surface area contributed by atoms with Crippen LogP contribution in [0.1, 0.15) is 31.2 Å². The first kappa shape index (κ1) is 12.1. The number of amides is 1. The molecule has 0 bridgehead atoms. The van der Waals surface area contributed by atoms with E-state index in [1.54, 1.807) is 0 Å². The molecule has 0 aliphatic heterocycles. The van der Waals surface area contributed by atoms with Crippen LogP contribution in [0.15, 0.2) is 24.3 Å². The summed E-state index contributed by atoms with van der Waals surface area (Å²) in [5, 5.41) is 2.95. The summed E-state index contributed by atoms with van der Waals surface area (Å²) >= 11 is 0. The van der Waals surface area contributed by atoms with Crippen LogP contribution in [0.4, 0.5) is 5.69 Å². The Morgan fingerprint density at radius 1 is 1.24 bits per heavy atom. The molecule has 3 nitrogen and oxygen atoms in total. The Morgan fingerprint density at radius 2 is 1.88 bits per heavy atom. The van der Waals surface area contributed by atoms with Crippen LogP contribution < -0.4 is 11.1 Å². The molecule has 2 atom stereocenters. The van der Waals surface area contributed by atoms with Gasteiger partial charge in [-0.1, -0.05) is 30.5 Å². The number of carbonyl (C=O) groups excluding carboxylic acids is 1. The lowest BCUT2D eigenvalue weighted by Crippen LogP contribution is -2.40. The number of hydrogen-bond donors (Lipinski definition) is 2. The molecular formula is C14H20N2O. The van der Waals surface area contributed by atoms with Crippen molar-refractivity contribution in [1.82, 2.24) is 0 Å². The van der Waals surface area contributed by atoms with Crippen LogP contribution >= 0.6 is 0 Å². The first-order chi connectivity index (χ1) is 8.16. The van der Waals surface area contributed by atoms with Gasteiger partial charge in [0.05, 0.1) is 5.92 Å². The highest BCUT2D eigenvalue weighted by Crippen LogP contribution is 2.24. The van der Waals surface area contributed by atoms with Gasteiger partial charge < -0.3 is 11.1 Å². The maximum absolute atomic E-state index is 12.1. The van der Waals surface area contributed by atoms with E-state index in [2.05, 4.69) is 5.32 Å². The van der Waals surface area contributed by atoms with Gasteiger partial charge >= 0.3 is 0 Å². The number of nitrogens with two attached hydrogens (primary N) is 1. The maximum atomic E-state index is 12.1. The molecule has 17 heavy (non-hydrogen) atoms. The van der Waals surface area contributed by atoms with Crippen LogP contribution in [-0.4, -0.2) is 11.9 Å². The Labute approximate surface area is 102 Å². The molecule has 0 spiro atoms. The third kappa shape index (κ3) is 3.07. The van der Waals surface area contributed by atoms with Gasteiger partial charge in [0.1, 0.15) is 0 Å². The summed E-state index contributed by atoms with van der Waals surface area (Å²) in [5.41, 5.74) is 8.05. The Bertz CT molecular complexity index is 386. The van der Waals surface area contributed by atoms with Gasteiger partial charge in [-0.25, -0.2) is 0 Å². The normalized spacial score (nSPS) is 24.4. The number of carbonyl (C=O) groups is 1. The monoisotopic (exact) mass is 232 g/mol. The molecule has 1 aliphatic carbocycles. The lowest BCUT2D eigenvalue weighted by atomic mass is 9.84. The van der Waals surface area contributed by atoms with E-state index in [-0.39, 0.29) is 17.9 Å². The van der Waals surface area contributed by atoms with E-state index in [1.807, 2.05) is 31.2 Å². The molecule has 1 aromatic rings. The van der Waals surface area contributed by atoms with Gasteiger partial charge in [0.15, 0.2) is 0 Å². The Balaban J connectivity index is 1.98. The summed E-state index contributed by atoms with van der Waals surface area (Å²) in [7, 11) is 0. The predicted octanol–water partition coefficient (Wildman–Crippen LogP) is 2.45. The molecule has 1 amide bonds. The first-order valence-electron chi connectivity index (χ1n) is 6.30. The van der Waals surface area contributed by atoms with Gasteiger partial charge in [0.2, 0.25) is 5.91 Å². The summed E-state index contributed by atoms with van der Waals surface area (Å²) in [6.45, 7) is 2.03. The summed E-state index contributed by atoms with van der Waals surface area (Å²) < 4.78 is 0. The summed E-state index contributed by atoms with van der Waals surface area (Å²) in [6.07, 6.45) is 4.14. The van der Waals surface area contributed by atoms with Gasteiger partial charge in [0, 0.05) is 11.7 Å². The molecule has 3 heteroatoms. The molecule has 0 radical (unpaired) electrons. The topological polar surface area (TPSA) is 55.1 Å². The summed E-state index contributed by atoms with van der Waals surface area (Å²) in [6, 6.07) is 7.88. The molecule has 0 unspecified atom stereocenters. The number of hydrogen-bond acceptors (Lipinski definition) is 2. The minimum atomic E-state index is -0.0231. The number of aryl methyl sites for hydroxylation is 1. The summed E-state index contributed by atoms with van der Waals surface area (Å²) in [5.74, 6) is 0.0473. The minimum Gasteiger partial charge on any atom is -0.327 e. The van der Waals surface area contributed by atoms with E-state index >= 15 is 0 Å². The van der Waals surface area contributed by atoms with E-state index in [4.69, 9.17) is 5.73 Å². The fourth-order valence-electron chi connectivity index (χ4n) is 2.36. The van der Waals surface area contributed by atoms with Crippen molar-refractivity contribution in [2.45, 2.75) is 38.6 Å². The van der Waals surface area contributed by atoms with Crippen LogP contribution in [0.3, 0.4) is 0 Å². The second-order valence-corrected chi connectivity index (χ2v) is 4.91. The van der Waals surface area contributed by atoms with Crippen LogP contribution in [-0.2, 0) is 4.79 Å². The van der Waals surface area contributed by atoms with Gasteiger partial charge in [-0.2, -0.15) is 0 Å². The number of benzene rings is 1. The molecule has 92 valence electrons. The average Bonchev–Trinajstić information content (AvgIpc) is 2.32. The standard InChI is InChI=1S/C14H20N2O/c1-10-6-8-11(9-7-10)16-14(17)12-4-2-3-5-13(12)15/h6-9,12-13H,2-5,15H2,1H3,(H,16,17)/t12-,13+/m1/s1. The van der Waals surface area contributed by atoms with Crippen molar-refractivity contribution in [3.63, 3.8) is 0 Å². The quantitative estimate of drug-likeness (QED) is 0.823. The molecule has 1 fully saturated rings. The van der Waals surface area contributed by atoms with Gasteiger partial charge in [-0.05, 0) is 31.9 Å². The predicted molar refractivity (Wildman–Crippen MR) is 69.7 cm³/mol. The van der Waals surface area contributed by atoms with Gasteiger partial charge in [-0.15, -0.1) is 0 Å². The van der Waals surface area contributed by atoms with Gasteiger partial charge in [0.25, 0.3) is 0 Å². The zero-order valence-corrected chi connectivity index (χ0v) is 10.3. The zero-order valence-electron chi connectivity index (χ0n) is 10.3. The van der Waals surface area contributed by atoms with E-state index in [1.165, 1.54) is 5.56 Å².